The molecule has 12 nitrogen and oxygen atoms in total. The molecule has 0 bridgehead atoms. The summed E-state index contributed by atoms with van der Waals surface area (Å²) in [6.45, 7) is 0.415. The summed E-state index contributed by atoms with van der Waals surface area (Å²) in [4.78, 5) is 55.4. The van der Waals surface area contributed by atoms with E-state index >= 15 is 0 Å². The normalized spacial score (nSPS) is 13.9. The zero-order chi connectivity index (χ0) is 32.1. The molecule has 3 rings (SSSR count). The molecule has 0 aliphatic heterocycles. The van der Waals surface area contributed by atoms with Gasteiger partial charge in [-0.3, -0.25) is 14.4 Å². The van der Waals surface area contributed by atoms with Crippen LogP contribution in [0.15, 0.2) is 54.7 Å². The van der Waals surface area contributed by atoms with Gasteiger partial charge in [0.1, 0.15) is 23.9 Å². The summed E-state index contributed by atoms with van der Waals surface area (Å²) in [5.41, 5.74) is 13.9. The van der Waals surface area contributed by atoms with Crippen molar-refractivity contribution in [1.82, 2.24) is 20.9 Å². The van der Waals surface area contributed by atoms with Gasteiger partial charge in [-0.1, -0.05) is 30.3 Å². The van der Waals surface area contributed by atoms with E-state index in [1.54, 1.807) is 30.1 Å². The number of phenolic OH excluding ortho intramolecular Hbond substituents is 1. The third-order valence-electron chi connectivity index (χ3n) is 7.27. The lowest BCUT2D eigenvalue weighted by Crippen LogP contribution is -2.57. The number of thioether (sulfide) groups is 1. The van der Waals surface area contributed by atoms with E-state index in [2.05, 4.69) is 20.9 Å². The van der Waals surface area contributed by atoms with Crippen molar-refractivity contribution in [3.8, 4) is 5.75 Å². The van der Waals surface area contributed by atoms with Gasteiger partial charge >= 0.3 is 5.97 Å². The van der Waals surface area contributed by atoms with Gasteiger partial charge in [-0.05, 0) is 73.6 Å². The number of para-hydroxylation sites is 1. The highest BCUT2D eigenvalue weighted by molar-refractivity contribution is 7.98. The highest BCUT2D eigenvalue weighted by atomic mass is 32.2. The maximum absolute atomic E-state index is 13.7. The van der Waals surface area contributed by atoms with Crippen LogP contribution in [0.4, 0.5) is 0 Å². The van der Waals surface area contributed by atoms with Crippen LogP contribution in [0.5, 0.6) is 5.75 Å². The molecular formula is C31H42N6O6S. The van der Waals surface area contributed by atoms with Gasteiger partial charge in [0.05, 0.1) is 6.04 Å². The largest absolute Gasteiger partial charge is 0.508 e. The lowest BCUT2D eigenvalue weighted by molar-refractivity contribution is -0.142. The second-order valence-electron chi connectivity index (χ2n) is 10.6. The van der Waals surface area contributed by atoms with E-state index in [9.17, 15) is 29.4 Å². The molecule has 13 heteroatoms. The molecule has 0 saturated heterocycles. The summed E-state index contributed by atoms with van der Waals surface area (Å²) in [7, 11) is 0. The maximum Gasteiger partial charge on any atom is 0.326 e. The van der Waals surface area contributed by atoms with E-state index in [4.69, 9.17) is 11.5 Å². The Kier molecular flexibility index (Phi) is 13.5. The zero-order valence-electron chi connectivity index (χ0n) is 24.8. The average molecular weight is 627 g/mol. The highest BCUT2D eigenvalue weighted by Gasteiger charge is 2.31. The van der Waals surface area contributed by atoms with Crippen molar-refractivity contribution < 1.29 is 29.4 Å². The average Bonchev–Trinajstić information content (AvgIpc) is 3.42. The Morgan fingerprint density at radius 1 is 0.864 bits per heavy atom. The minimum atomic E-state index is -1.30. The number of fused-ring (bicyclic) bond motifs is 1. The van der Waals surface area contributed by atoms with Gasteiger partial charge in [0.2, 0.25) is 17.7 Å². The predicted molar refractivity (Wildman–Crippen MR) is 171 cm³/mol. The quantitative estimate of drug-likeness (QED) is 0.0957. The second-order valence-corrected chi connectivity index (χ2v) is 11.6. The summed E-state index contributed by atoms with van der Waals surface area (Å²) >= 11 is 1.56. The molecule has 1 aromatic heterocycles. The third kappa shape index (κ3) is 10.3. The van der Waals surface area contributed by atoms with E-state index in [1.807, 2.05) is 30.5 Å². The molecule has 238 valence electrons. The molecule has 44 heavy (non-hydrogen) atoms. The van der Waals surface area contributed by atoms with Crippen LogP contribution in [0, 0.1) is 0 Å². The molecule has 0 aliphatic carbocycles. The number of carbonyl (C=O) groups is 4. The Morgan fingerprint density at radius 2 is 1.52 bits per heavy atom. The smallest absolute Gasteiger partial charge is 0.326 e. The number of H-pyrrole nitrogens is 1. The summed E-state index contributed by atoms with van der Waals surface area (Å²) in [6, 6.07) is 9.26. The number of nitrogens with two attached hydrogens (primary N) is 2. The number of aromatic amines is 1. The number of nitrogens with one attached hydrogen (secondary N) is 4. The fraction of sp³-hybridized carbons (Fsp3) is 0.419. The monoisotopic (exact) mass is 626 g/mol. The summed E-state index contributed by atoms with van der Waals surface area (Å²) < 4.78 is 0. The van der Waals surface area contributed by atoms with Crippen LogP contribution in [-0.4, -0.2) is 81.6 Å². The molecule has 1 heterocycles. The molecule has 3 aromatic rings. The van der Waals surface area contributed by atoms with E-state index < -0.39 is 47.9 Å². The molecule has 3 amide bonds. The predicted octanol–water partition coefficient (Wildman–Crippen LogP) is 1.41. The number of benzene rings is 2. The number of aliphatic carboxylic acids is 1. The molecule has 0 saturated carbocycles. The fourth-order valence-electron chi connectivity index (χ4n) is 4.76. The Labute approximate surface area is 260 Å². The molecule has 0 aliphatic rings. The highest BCUT2D eigenvalue weighted by Crippen LogP contribution is 2.20. The number of carboxylic acids is 1. The minimum absolute atomic E-state index is 0.0319. The maximum atomic E-state index is 13.7. The topological polar surface area (TPSA) is 213 Å². The van der Waals surface area contributed by atoms with Crippen LogP contribution in [0.3, 0.4) is 0 Å². The number of unbranched alkanes of at least 4 members (excludes halogenated alkanes) is 1. The molecule has 4 atom stereocenters. The minimum Gasteiger partial charge on any atom is -0.508 e. The first-order valence-corrected chi connectivity index (χ1v) is 15.9. The van der Waals surface area contributed by atoms with Crippen LogP contribution in [0.1, 0.15) is 36.8 Å². The number of phenols is 1. The Bertz CT molecular complexity index is 1400. The van der Waals surface area contributed by atoms with Gasteiger partial charge in [-0.15, -0.1) is 0 Å². The van der Waals surface area contributed by atoms with Crippen molar-refractivity contribution in [2.24, 2.45) is 11.5 Å². The fourth-order valence-corrected chi connectivity index (χ4v) is 5.25. The van der Waals surface area contributed by atoms with E-state index in [-0.39, 0.29) is 25.0 Å². The molecule has 0 spiro atoms. The van der Waals surface area contributed by atoms with Crippen LogP contribution >= 0.6 is 11.8 Å². The van der Waals surface area contributed by atoms with Gasteiger partial charge < -0.3 is 42.6 Å². The lowest BCUT2D eigenvalue weighted by atomic mass is 10.0. The standard InChI is InChI=1S/C31H42N6O6S/c1-44-15-13-23(33)28(39)35-25(8-4-5-14-32)29(40)36-26(17-20-18-34-24-7-3-2-6-22(20)24)30(41)37-27(31(42)43)16-19-9-11-21(38)12-10-19/h2-3,6-7,9-12,18,23,25-27,34,38H,4-5,8,13-17,32-33H2,1H3,(H,35,39)(H,36,40)(H,37,41)(H,42,43). The first-order valence-electron chi connectivity index (χ1n) is 14.5. The van der Waals surface area contributed by atoms with Crippen LogP contribution in [0.2, 0.25) is 0 Å². The number of hydrogen-bond donors (Lipinski definition) is 8. The van der Waals surface area contributed by atoms with Crippen molar-refractivity contribution in [3.63, 3.8) is 0 Å². The van der Waals surface area contributed by atoms with E-state index in [0.29, 0.717) is 37.1 Å². The van der Waals surface area contributed by atoms with E-state index in [0.717, 1.165) is 16.5 Å². The summed E-state index contributed by atoms with van der Waals surface area (Å²) in [5.74, 6) is -2.29. The van der Waals surface area contributed by atoms with Gasteiger partial charge in [0.15, 0.2) is 0 Å². The SMILES string of the molecule is CSCCC(N)C(=O)NC(CCCCN)C(=O)NC(Cc1c[nH]c2ccccc12)C(=O)NC(Cc1ccc(O)cc1)C(=O)O. The van der Waals surface area contributed by atoms with Crippen molar-refractivity contribution >= 4 is 46.4 Å². The van der Waals surface area contributed by atoms with Crippen molar-refractivity contribution in [1.29, 1.82) is 0 Å². The number of aromatic hydroxyl groups is 1. The first-order chi connectivity index (χ1) is 21.1. The number of hydrogen-bond acceptors (Lipinski definition) is 8. The van der Waals surface area contributed by atoms with E-state index in [1.165, 1.54) is 12.1 Å². The molecule has 4 unspecified atom stereocenters. The lowest BCUT2D eigenvalue weighted by Gasteiger charge is -2.25. The first kappa shape index (κ1) is 34.4. The van der Waals surface area contributed by atoms with Crippen LogP contribution < -0.4 is 27.4 Å². The number of amides is 3. The van der Waals surface area contributed by atoms with Gasteiger partial charge in [0.25, 0.3) is 0 Å². The Balaban J connectivity index is 1.84. The Hall–Kier alpha value is -4.07. The molecule has 0 fully saturated rings. The number of carbonyl (C=O) groups excluding carboxylic acids is 3. The van der Waals surface area contributed by atoms with Crippen molar-refractivity contribution in [2.75, 3.05) is 18.6 Å². The summed E-state index contributed by atoms with van der Waals surface area (Å²) in [5, 5.41) is 28.4. The molecule has 2 aromatic carbocycles. The zero-order valence-corrected chi connectivity index (χ0v) is 25.6. The third-order valence-corrected chi connectivity index (χ3v) is 7.92. The van der Waals surface area contributed by atoms with Gasteiger partial charge in [-0.25, -0.2) is 4.79 Å². The van der Waals surface area contributed by atoms with Gasteiger partial charge in [-0.2, -0.15) is 11.8 Å². The number of aromatic nitrogens is 1. The number of carboxylic acid groups (broad SMARTS) is 1. The van der Waals surface area contributed by atoms with Crippen LogP contribution in [0.25, 0.3) is 10.9 Å². The van der Waals surface area contributed by atoms with Gasteiger partial charge in [0, 0.05) is 29.9 Å². The van der Waals surface area contributed by atoms with Crippen molar-refractivity contribution in [2.45, 2.75) is 62.7 Å². The molecule has 0 radical (unpaired) electrons. The van der Waals surface area contributed by atoms with Crippen LogP contribution in [-0.2, 0) is 32.0 Å². The summed E-state index contributed by atoms with van der Waals surface area (Å²) in [6.07, 6.45) is 5.58. The molecule has 10 N–H and O–H groups in total. The molecular weight excluding hydrogens is 584 g/mol. The second kappa shape index (κ2) is 17.3. The van der Waals surface area contributed by atoms with Crippen molar-refractivity contribution in [3.05, 3.63) is 65.9 Å². The number of rotatable bonds is 18. The Morgan fingerprint density at radius 3 is 2.20 bits per heavy atom.